The van der Waals surface area contributed by atoms with Crippen molar-refractivity contribution in [1.82, 2.24) is 5.32 Å². The Labute approximate surface area is 126 Å². The Kier molecular flexibility index (Phi) is 4.76. The van der Waals surface area contributed by atoms with Crippen molar-refractivity contribution in [3.63, 3.8) is 0 Å². The third-order valence-electron chi connectivity index (χ3n) is 3.48. The molecule has 1 aliphatic rings. The van der Waals surface area contributed by atoms with Gasteiger partial charge in [-0.1, -0.05) is 11.6 Å². The molecule has 21 heavy (non-hydrogen) atoms. The number of hydrogen-bond donors (Lipinski definition) is 1. The summed E-state index contributed by atoms with van der Waals surface area (Å²) in [6.07, 6.45) is 0.699. The molecule has 1 amide bonds. The molecule has 2 rings (SSSR count). The summed E-state index contributed by atoms with van der Waals surface area (Å²) in [4.78, 5) is 22.1. The minimum absolute atomic E-state index is 0.0710. The molecule has 114 valence electrons. The quantitative estimate of drug-likeness (QED) is 0.661. The maximum atomic E-state index is 12.1. The summed E-state index contributed by atoms with van der Waals surface area (Å²) in [7, 11) is 1.57. The number of amides is 1. The Morgan fingerprint density at radius 1 is 1.62 bits per heavy atom. The summed E-state index contributed by atoms with van der Waals surface area (Å²) in [5.74, 6) is -0.366. The molecule has 1 heterocycles. The lowest BCUT2D eigenvalue weighted by atomic mass is 10.0. The maximum absolute atomic E-state index is 12.1. The van der Waals surface area contributed by atoms with Crippen molar-refractivity contribution in [2.75, 3.05) is 26.9 Å². The van der Waals surface area contributed by atoms with Gasteiger partial charge in [-0.3, -0.25) is 14.9 Å². The van der Waals surface area contributed by atoms with E-state index in [1.165, 1.54) is 18.2 Å². The minimum atomic E-state index is -0.597. The first kappa shape index (κ1) is 15.7. The van der Waals surface area contributed by atoms with Gasteiger partial charge in [-0.15, -0.1) is 0 Å². The number of carbonyl (C=O) groups is 1. The third-order valence-corrected chi connectivity index (χ3v) is 3.78. The fraction of sp³-hybridized carbons (Fsp3) is 0.462. The van der Waals surface area contributed by atoms with Gasteiger partial charge < -0.3 is 14.8 Å². The Balaban J connectivity index is 2.03. The standard InChI is InChI=1S/C13H15ClN2O5/c1-20-13(4-5-21-8-13)7-15-12(17)9-2-3-11(16(18)19)10(14)6-9/h2-3,6H,4-5,7-8H2,1H3,(H,15,17). The number of halogens is 1. The van der Waals surface area contributed by atoms with Gasteiger partial charge in [0.2, 0.25) is 0 Å². The summed E-state index contributed by atoms with van der Waals surface area (Å²) in [5.41, 5.74) is -0.484. The Bertz CT molecular complexity index is 557. The van der Waals surface area contributed by atoms with Crippen LogP contribution >= 0.6 is 11.6 Å². The molecule has 0 radical (unpaired) electrons. The number of nitro groups is 1. The van der Waals surface area contributed by atoms with Gasteiger partial charge in [-0.05, 0) is 12.1 Å². The lowest BCUT2D eigenvalue weighted by Gasteiger charge is -2.25. The van der Waals surface area contributed by atoms with Crippen LogP contribution < -0.4 is 5.32 Å². The predicted octanol–water partition coefficient (Wildman–Crippen LogP) is 1.78. The average Bonchev–Trinajstić information content (AvgIpc) is 2.93. The van der Waals surface area contributed by atoms with Crippen molar-refractivity contribution in [1.29, 1.82) is 0 Å². The first-order valence-electron chi connectivity index (χ1n) is 6.32. The summed E-state index contributed by atoms with van der Waals surface area (Å²) >= 11 is 5.78. The number of nitrogens with one attached hydrogen (secondary N) is 1. The van der Waals surface area contributed by atoms with Crippen molar-refractivity contribution >= 4 is 23.2 Å². The number of ether oxygens (including phenoxy) is 2. The molecule has 1 aliphatic heterocycles. The Morgan fingerprint density at radius 3 is 2.90 bits per heavy atom. The lowest BCUT2D eigenvalue weighted by molar-refractivity contribution is -0.384. The number of rotatable bonds is 5. The lowest BCUT2D eigenvalue weighted by Crippen LogP contribution is -2.45. The summed E-state index contributed by atoms with van der Waals surface area (Å²) in [5, 5.41) is 13.3. The van der Waals surface area contributed by atoms with Gasteiger partial charge in [0.25, 0.3) is 11.6 Å². The minimum Gasteiger partial charge on any atom is -0.378 e. The first-order chi connectivity index (χ1) is 9.97. The van der Waals surface area contributed by atoms with Crippen LogP contribution in [-0.2, 0) is 9.47 Å². The fourth-order valence-electron chi connectivity index (χ4n) is 2.10. The van der Waals surface area contributed by atoms with Crippen molar-refractivity contribution in [2.45, 2.75) is 12.0 Å². The number of methoxy groups -OCH3 is 1. The smallest absolute Gasteiger partial charge is 0.287 e. The van der Waals surface area contributed by atoms with Crippen LogP contribution in [0.25, 0.3) is 0 Å². The topological polar surface area (TPSA) is 90.7 Å². The number of benzene rings is 1. The van der Waals surface area contributed by atoms with E-state index in [0.717, 1.165) is 0 Å². The molecule has 1 aromatic rings. The third kappa shape index (κ3) is 3.49. The molecule has 7 nitrogen and oxygen atoms in total. The number of nitro benzene ring substituents is 1. The van der Waals surface area contributed by atoms with E-state index in [0.29, 0.717) is 26.2 Å². The van der Waals surface area contributed by atoms with E-state index >= 15 is 0 Å². The van der Waals surface area contributed by atoms with Gasteiger partial charge in [0.15, 0.2) is 0 Å². The van der Waals surface area contributed by atoms with Crippen LogP contribution in [0.4, 0.5) is 5.69 Å². The van der Waals surface area contributed by atoms with E-state index in [-0.39, 0.29) is 22.2 Å². The largest absolute Gasteiger partial charge is 0.378 e. The average molecular weight is 315 g/mol. The van der Waals surface area contributed by atoms with Crippen LogP contribution in [0.3, 0.4) is 0 Å². The van der Waals surface area contributed by atoms with Crippen molar-refractivity contribution in [2.24, 2.45) is 0 Å². The molecule has 0 aromatic heterocycles. The highest BCUT2D eigenvalue weighted by Crippen LogP contribution is 2.25. The van der Waals surface area contributed by atoms with Crippen molar-refractivity contribution in [3.8, 4) is 0 Å². The number of carbonyl (C=O) groups excluding carboxylic acids is 1. The highest BCUT2D eigenvalue weighted by Gasteiger charge is 2.35. The molecule has 1 fully saturated rings. The van der Waals surface area contributed by atoms with Crippen LogP contribution in [0.15, 0.2) is 18.2 Å². The summed E-state index contributed by atoms with van der Waals surface area (Å²) < 4.78 is 10.7. The highest BCUT2D eigenvalue weighted by molar-refractivity contribution is 6.33. The highest BCUT2D eigenvalue weighted by atomic mass is 35.5. The Hall–Kier alpha value is -1.70. The predicted molar refractivity (Wildman–Crippen MR) is 75.6 cm³/mol. The number of nitrogens with zero attached hydrogens (tertiary/aromatic N) is 1. The molecular weight excluding hydrogens is 300 g/mol. The zero-order valence-electron chi connectivity index (χ0n) is 11.4. The first-order valence-corrected chi connectivity index (χ1v) is 6.70. The van der Waals surface area contributed by atoms with E-state index < -0.39 is 10.5 Å². The summed E-state index contributed by atoms with van der Waals surface area (Å²) in [6.45, 7) is 1.31. The van der Waals surface area contributed by atoms with E-state index in [9.17, 15) is 14.9 Å². The zero-order chi connectivity index (χ0) is 15.5. The van der Waals surface area contributed by atoms with E-state index in [1.807, 2.05) is 0 Å². The molecule has 0 bridgehead atoms. The molecule has 1 atom stereocenters. The molecule has 1 saturated heterocycles. The van der Waals surface area contributed by atoms with Crippen LogP contribution in [0, 0.1) is 10.1 Å². The zero-order valence-corrected chi connectivity index (χ0v) is 12.2. The van der Waals surface area contributed by atoms with E-state index in [4.69, 9.17) is 21.1 Å². The van der Waals surface area contributed by atoms with Gasteiger partial charge in [-0.2, -0.15) is 0 Å². The molecule has 8 heteroatoms. The van der Waals surface area contributed by atoms with Crippen LogP contribution in [0.1, 0.15) is 16.8 Å². The van der Waals surface area contributed by atoms with Crippen molar-refractivity contribution in [3.05, 3.63) is 38.9 Å². The molecule has 0 spiro atoms. The van der Waals surface area contributed by atoms with Crippen molar-refractivity contribution < 1.29 is 19.2 Å². The molecular formula is C13H15ClN2O5. The molecule has 0 aliphatic carbocycles. The van der Waals surface area contributed by atoms with Crippen LogP contribution in [-0.4, -0.2) is 43.3 Å². The second-order valence-electron chi connectivity index (χ2n) is 4.80. The van der Waals surface area contributed by atoms with Gasteiger partial charge in [0, 0.05) is 38.3 Å². The SMILES string of the molecule is COC1(CNC(=O)c2ccc([N+](=O)[O-])c(Cl)c2)CCOC1. The second-order valence-corrected chi connectivity index (χ2v) is 5.20. The maximum Gasteiger partial charge on any atom is 0.287 e. The van der Waals surface area contributed by atoms with Gasteiger partial charge in [0.05, 0.1) is 11.5 Å². The van der Waals surface area contributed by atoms with Gasteiger partial charge in [-0.25, -0.2) is 0 Å². The second kappa shape index (κ2) is 6.38. The molecule has 1 aromatic carbocycles. The molecule has 1 N–H and O–H groups in total. The summed E-state index contributed by atoms with van der Waals surface area (Å²) in [6, 6.07) is 3.85. The van der Waals surface area contributed by atoms with E-state index in [2.05, 4.69) is 5.32 Å². The molecule has 0 saturated carbocycles. The number of hydrogen-bond acceptors (Lipinski definition) is 5. The van der Waals surface area contributed by atoms with E-state index in [1.54, 1.807) is 7.11 Å². The Morgan fingerprint density at radius 2 is 2.38 bits per heavy atom. The normalized spacial score (nSPS) is 21.2. The fourth-order valence-corrected chi connectivity index (χ4v) is 2.35. The van der Waals surface area contributed by atoms with Gasteiger partial charge >= 0.3 is 0 Å². The monoisotopic (exact) mass is 314 g/mol. The van der Waals surface area contributed by atoms with Crippen LogP contribution in [0.2, 0.25) is 5.02 Å². The van der Waals surface area contributed by atoms with Crippen LogP contribution in [0.5, 0.6) is 0 Å². The molecule has 1 unspecified atom stereocenters. The van der Waals surface area contributed by atoms with Gasteiger partial charge in [0.1, 0.15) is 10.6 Å².